The van der Waals surface area contributed by atoms with Crippen molar-refractivity contribution in [3.05, 3.63) is 146 Å². The lowest BCUT2D eigenvalue weighted by Crippen LogP contribution is -2.30. The second-order valence-electron chi connectivity index (χ2n) is 14.1. The summed E-state index contributed by atoms with van der Waals surface area (Å²) in [6.45, 7) is 6.08. The molecule has 0 aliphatic rings. The zero-order valence-corrected chi connectivity index (χ0v) is 36.9. The van der Waals surface area contributed by atoms with E-state index in [1.165, 1.54) is 0 Å². The van der Waals surface area contributed by atoms with E-state index >= 15 is 0 Å². The van der Waals surface area contributed by atoms with Crippen molar-refractivity contribution in [2.45, 2.75) is 155 Å². The molecule has 0 radical (unpaired) electrons. The first-order chi connectivity index (χ1) is 29.0. The van der Waals surface area contributed by atoms with Crippen LogP contribution in [0.25, 0.3) is 0 Å². The average Bonchev–Trinajstić information content (AvgIpc) is 3.23. The molecule has 1 unspecified atom stereocenters. The molecule has 1 atom stereocenters. The molecule has 0 spiro atoms. The van der Waals surface area contributed by atoms with Gasteiger partial charge in [0.2, 0.25) is 0 Å². The first-order valence-electron chi connectivity index (χ1n) is 22.5. The molecule has 0 saturated carbocycles. The molecule has 0 heterocycles. The molecule has 0 aromatic heterocycles. The molecule has 0 rings (SSSR count). The summed E-state index contributed by atoms with van der Waals surface area (Å²) in [4.78, 5) is 37.8. The number of carbonyl (C=O) groups excluding carboxylic acids is 3. The van der Waals surface area contributed by atoms with E-state index in [0.29, 0.717) is 19.3 Å². The molecule has 0 aliphatic heterocycles. The van der Waals surface area contributed by atoms with Gasteiger partial charge in [0.1, 0.15) is 13.2 Å². The Morgan fingerprint density at radius 2 is 0.610 bits per heavy atom. The highest BCUT2D eigenvalue weighted by Crippen LogP contribution is 2.11. The predicted molar refractivity (Wildman–Crippen MR) is 251 cm³/mol. The second-order valence-corrected chi connectivity index (χ2v) is 14.1. The Bertz CT molecular complexity index is 1390. The number of esters is 3. The summed E-state index contributed by atoms with van der Waals surface area (Å²) in [6.07, 6.45) is 65.4. The van der Waals surface area contributed by atoms with Crippen LogP contribution in [-0.2, 0) is 28.6 Å². The van der Waals surface area contributed by atoms with Crippen LogP contribution >= 0.6 is 0 Å². The Hall–Kier alpha value is -4.71. The van der Waals surface area contributed by atoms with Gasteiger partial charge in [-0.15, -0.1) is 0 Å². The van der Waals surface area contributed by atoms with Crippen molar-refractivity contribution in [1.29, 1.82) is 0 Å². The molecular weight excluding hydrogens is 733 g/mol. The van der Waals surface area contributed by atoms with Gasteiger partial charge in [0, 0.05) is 19.3 Å². The first kappa shape index (κ1) is 54.3. The van der Waals surface area contributed by atoms with E-state index in [-0.39, 0.29) is 44.0 Å². The van der Waals surface area contributed by atoms with Crippen LogP contribution in [-0.4, -0.2) is 37.2 Å². The van der Waals surface area contributed by atoms with Crippen LogP contribution in [0, 0.1) is 0 Å². The van der Waals surface area contributed by atoms with Gasteiger partial charge in [-0.05, 0) is 77.0 Å². The molecular formula is C53H78O6. The topological polar surface area (TPSA) is 78.9 Å². The third kappa shape index (κ3) is 44.2. The maximum Gasteiger partial charge on any atom is 0.306 e. The van der Waals surface area contributed by atoms with Gasteiger partial charge in [-0.25, -0.2) is 0 Å². The molecule has 0 bridgehead atoms. The Morgan fingerprint density at radius 1 is 0.339 bits per heavy atom. The van der Waals surface area contributed by atoms with Gasteiger partial charge >= 0.3 is 17.9 Å². The number of allylic oxidation sites excluding steroid dienone is 24. The maximum atomic E-state index is 12.7. The Kier molecular flexibility index (Phi) is 42.3. The Labute approximate surface area is 359 Å². The van der Waals surface area contributed by atoms with Crippen LogP contribution in [0.15, 0.2) is 146 Å². The quantitative estimate of drug-likeness (QED) is 0.0269. The van der Waals surface area contributed by atoms with Gasteiger partial charge in [-0.1, -0.05) is 199 Å². The molecule has 0 amide bonds. The van der Waals surface area contributed by atoms with Crippen LogP contribution in [0.5, 0.6) is 0 Å². The highest BCUT2D eigenvalue weighted by molar-refractivity contribution is 5.71. The number of hydrogen-bond acceptors (Lipinski definition) is 6. The zero-order valence-electron chi connectivity index (χ0n) is 36.9. The molecule has 0 aromatic carbocycles. The van der Waals surface area contributed by atoms with Crippen LogP contribution in [0.1, 0.15) is 149 Å². The molecule has 6 heteroatoms. The number of rotatable bonds is 37. The smallest absolute Gasteiger partial charge is 0.306 e. The standard InChI is InChI=1S/C53H78O6/c1-4-7-10-13-16-19-22-25-26-29-31-34-37-40-43-46-52(55)58-49-50(59-53(56)47-44-41-38-35-32-28-24-21-18-15-12-9-6-3)48-57-51(54)45-42-39-36-33-30-27-23-20-17-14-11-8-5-2/h7-26,28-29,31-32,50H,4-6,27,30,33-49H2,1-3H3/b10-7-,11-8-,12-9-,16-13-,17-14-,18-15-,22-19-,23-20-,24-21-,26-25-,31-29-,32-28-. The number of hydrogen-bond donors (Lipinski definition) is 0. The van der Waals surface area contributed by atoms with E-state index in [4.69, 9.17) is 14.2 Å². The SMILES string of the molecule is CC\C=C/C=C\C=C/C=C\C=C/CCCCCC(=O)OCC(COC(=O)CCCCCCC\C=C/C=C\C=C/CC)OC(=O)CCCCC\C=C/C=C\C=C/C=C\CC. The fourth-order valence-corrected chi connectivity index (χ4v) is 5.29. The van der Waals surface area contributed by atoms with E-state index in [2.05, 4.69) is 75.5 Å². The lowest BCUT2D eigenvalue weighted by molar-refractivity contribution is -0.167. The maximum absolute atomic E-state index is 12.7. The summed E-state index contributed by atoms with van der Waals surface area (Å²) in [7, 11) is 0. The lowest BCUT2D eigenvalue weighted by Gasteiger charge is -2.18. The summed E-state index contributed by atoms with van der Waals surface area (Å²) >= 11 is 0. The van der Waals surface area contributed by atoms with E-state index in [1.54, 1.807) is 0 Å². The molecule has 59 heavy (non-hydrogen) atoms. The summed E-state index contributed by atoms with van der Waals surface area (Å²) in [6, 6.07) is 0. The fourth-order valence-electron chi connectivity index (χ4n) is 5.29. The van der Waals surface area contributed by atoms with Gasteiger partial charge in [0.25, 0.3) is 0 Å². The van der Waals surface area contributed by atoms with Gasteiger partial charge in [0.15, 0.2) is 6.10 Å². The first-order valence-corrected chi connectivity index (χ1v) is 22.5. The summed E-state index contributed by atoms with van der Waals surface area (Å²) < 4.78 is 16.6. The molecule has 0 saturated heterocycles. The van der Waals surface area contributed by atoms with E-state index < -0.39 is 6.10 Å². The van der Waals surface area contributed by atoms with Crippen molar-refractivity contribution in [3.8, 4) is 0 Å². The molecule has 6 nitrogen and oxygen atoms in total. The minimum atomic E-state index is -0.829. The highest BCUT2D eigenvalue weighted by atomic mass is 16.6. The minimum Gasteiger partial charge on any atom is -0.462 e. The second kappa shape index (κ2) is 46.0. The molecule has 0 aliphatic carbocycles. The largest absolute Gasteiger partial charge is 0.462 e. The van der Waals surface area contributed by atoms with E-state index in [9.17, 15) is 14.4 Å². The fraction of sp³-hybridized carbons (Fsp3) is 0.491. The van der Waals surface area contributed by atoms with Gasteiger partial charge in [-0.2, -0.15) is 0 Å². The summed E-state index contributed by atoms with van der Waals surface area (Å²) in [5.74, 6) is -1.05. The van der Waals surface area contributed by atoms with Crippen molar-refractivity contribution < 1.29 is 28.6 Å². The Morgan fingerprint density at radius 3 is 0.966 bits per heavy atom. The Balaban J connectivity index is 4.61. The highest BCUT2D eigenvalue weighted by Gasteiger charge is 2.19. The number of ether oxygens (including phenoxy) is 3. The van der Waals surface area contributed by atoms with Crippen molar-refractivity contribution in [1.82, 2.24) is 0 Å². The van der Waals surface area contributed by atoms with Crippen LogP contribution in [0.4, 0.5) is 0 Å². The van der Waals surface area contributed by atoms with E-state index in [0.717, 1.165) is 96.3 Å². The lowest BCUT2D eigenvalue weighted by atomic mass is 10.1. The average molecular weight is 811 g/mol. The van der Waals surface area contributed by atoms with Crippen molar-refractivity contribution >= 4 is 17.9 Å². The third-order valence-electron chi connectivity index (χ3n) is 8.60. The van der Waals surface area contributed by atoms with E-state index in [1.807, 2.05) is 91.1 Å². The van der Waals surface area contributed by atoms with Crippen molar-refractivity contribution in [3.63, 3.8) is 0 Å². The predicted octanol–water partition coefficient (Wildman–Crippen LogP) is 14.5. The van der Waals surface area contributed by atoms with Crippen molar-refractivity contribution in [2.75, 3.05) is 13.2 Å². The molecule has 326 valence electrons. The van der Waals surface area contributed by atoms with Crippen LogP contribution in [0.2, 0.25) is 0 Å². The third-order valence-corrected chi connectivity index (χ3v) is 8.60. The van der Waals surface area contributed by atoms with Crippen LogP contribution < -0.4 is 0 Å². The van der Waals surface area contributed by atoms with Gasteiger partial charge in [-0.3, -0.25) is 14.4 Å². The molecule has 0 fully saturated rings. The van der Waals surface area contributed by atoms with Gasteiger partial charge in [0.05, 0.1) is 0 Å². The van der Waals surface area contributed by atoms with Crippen LogP contribution in [0.3, 0.4) is 0 Å². The molecule has 0 N–H and O–H groups in total. The summed E-state index contributed by atoms with van der Waals surface area (Å²) in [5.41, 5.74) is 0. The summed E-state index contributed by atoms with van der Waals surface area (Å²) in [5, 5.41) is 0. The normalized spacial score (nSPS) is 13.5. The number of unbranched alkanes of at least 4 members (excludes halogenated alkanes) is 11. The van der Waals surface area contributed by atoms with Crippen molar-refractivity contribution in [2.24, 2.45) is 0 Å². The molecule has 0 aromatic rings. The van der Waals surface area contributed by atoms with Gasteiger partial charge < -0.3 is 14.2 Å². The number of carbonyl (C=O) groups is 3. The monoisotopic (exact) mass is 811 g/mol. The minimum absolute atomic E-state index is 0.126. The zero-order chi connectivity index (χ0) is 43.0.